The van der Waals surface area contributed by atoms with E-state index >= 15 is 0 Å². The zero-order valence-corrected chi connectivity index (χ0v) is 10.8. The maximum absolute atomic E-state index is 11.6. The molecule has 0 saturated carbocycles. The summed E-state index contributed by atoms with van der Waals surface area (Å²) in [7, 11) is 0. The van der Waals surface area contributed by atoms with Gasteiger partial charge in [0.15, 0.2) is 0 Å². The summed E-state index contributed by atoms with van der Waals surface area (Å²) in [5.74, 6) is 0.0683. The number of hydrogen-bond acceptors (Lipinski definition) is 4. The molecule has 1 unspecified atom stereocenters. The van der Waals surface area contributed by atoms with Gasteiger partial charge in [-0.3, -0.25) is 4.79 Å². The van der Waals surface area contributed by atoms with Gasteiger partial charge in [0, 0.05) is 22.0 Å². The molecule has 0 aliphatic carbocycles. The number of nitrogens with one attached hydrogen (secondary N) is 1. The van der Waals surface area contributed by atoms with Gasteiger partial charge in [0.25, 0.3) is 0 Å². The number of carbonyl (C=O) groups is 1. The average molecular weight is 262 g/mol. The minimum absolute atomic E-state index is 0.0202. The van der Waals surface area contributed by atoms with Crippen molar-refractivity contribution in [2.75, 3.05) is 5.32 Å². The molecule has 1 aliphatic heterocycles. The molecule has 0 bridgehead atoms. The highest BCUT2D eigenvalue weighted by Crippen LogP contribution is 2.38. The fourth-order valence-corrected chi connectivity index (χ4v) is 3.27. The van der Waals surface area contributed by atoms with Gasteiger partial charge in [0.2, 0.25) is 5.91 Å². The molecular weight excluding hydrogens is 252 g/mol. The number of benzene rings is 1. The highest BCUT2D eigenvalue weighted by Gasteiger charge is 2.23. The standard InChI is InChI=1S/C12H10N2OS2/c1-7-11(15)14-9-6-8(2-3-10(9)17-7)12-13-4-5-16-12/h2-7H,1H3,(H,14,15). The molecule has 0 spiro atoms. The molecule has 0 saturated heterocycles. The number of thioether (sulfide) groups is 1. The van der Waals surface area contributed by atoms with E-state index in [0.717, 1.165) is 21.2 Å². The average Bonchev–Trinajstić information content (AvgIpc) is 2.83. The topological polar surface area (TPSA) is 42.0 Å². The van der Waals surface area contributed by atoms with E-state index in [4.69, 9.17) is 0 Å². The Morgan fingerprint density at radius 2 is 2.29 bits per heavy atom. The lowest BCUT2D eigenvalue weighted by Crippen LogP contribution is -2.26. The third kappa shape index (κ3) is 1.96. The van der Waals surface area contributed by atoms with Gasteiger partial charge >= 0.3 is 0 Å². The normalized spacial score (nSPS) is 18.6. The molecule has 1 N–H and O–H groups in total. The van der Waals surface area contributed by atoms with Crippen molar-refractivity contribution in [3.05, 3.63) is 29.8 Å². The van der Waals surface area contributed by atoms with Gasteiger partial charge in [-0.2, -0.15) is 0 Å². The van der Waals surface area contributed by atoms with Crippen molar-refractivity contribution in [1.29, 1.82) is 0 Å². The van der Waals surface area contributed by atoms with Crippen LogP contribution in [0.3, 0.4) is 0 Å². The number of rotatable bonds is 1. The number of aromatic nitrogens is 1. The molecule has 1 aromatic heterocycles. The highest BCUT2D eigenvalue weighted by molar-refractivity contribution is 8.00. The van der Waals surface area contributed by atoms with Crippen molar-refractivity contribution in [1.82, 2.24) is 4.98 Å². The second kappa shape index (κ2) is 4.16. The van der Waals surface area contributed by atoms with Gasteiger partial charge < -0.3 is 5.32 Å². The molecule has 1 amide bonds. The maximum atomic E-state index is 11.6. The van der Waals surface area contributed by atoms with E-state index in [2.05, 4.69) is 16.4 Å². The molecule has 0 radical (unpaired) electrons. The van der Waals surface area contributed by atoms with Crippen molar-refractivity contribution in [2.24, 2.45) is 0 Å². The third-order valence-corrected chi connectivity index (χ3v) is 4.59. The van der Waals surface area contributed by atoms with E-state index in [9.17, 15) is 4.79 Å². The summed E-state index contributed by atoms with van der Waals surface area (Å²) >= 11 is 3.19. The molecule has 17 heavy (non-hydrogen) atoms. The molecule has 5 heteroatoms. The molecule has 2 heterocycles. The Labute approximate surface area is 107 Å². The first kappa shape index (κ1) is 10.8. The lowest BCUT2D eigenvalue weighted by molar-refractivity contribution is -0.115. The van der Waals surface area contributed by atoms with Crippen LogP contribution in [0.2, 0.25) is 0 Å². The van der Waals surface area contributed by atoms with Gasteiger partial charge in [-0.1, -0.05) is 6.07 Å². The summed E-state index contributed by atoms with van der Waals surface area (Å²) < 4.78 is 0. The van der Waals surface area contributed by atoms with Crippen LogP contribution >= 0.6 is 23.1 Å². The molecule has 0 fully saturated rings. The zero-order valence-electron chi connectivity index (χ0n) is 9.14. The van der Waals surface area contributed by atoms with Gasteiger partial charge in [0.1, 0.15) is 5.01 Å². The first-order valence-electron chi connectivity index (χ1n) is 5.25. The number of carbonyl (C=O) groups excluding carboxylic acids is 1. The Morgan fingerprint density at radius 1 is 1.41 bits per heavy atom. The second-order valence-corrected chi connectivity index (χ2v) is 6.07. The van der Waals surface area contributed by atoms with Gasteiger partial charge in [-0.05, 0) is 19.1 Å². The summed E-state index contributed by atoms with van der Waals surface area (Å²) in [5.41, 5.74) is 1.94. The first-order chi connectivity index (χ1) is 8.24. The monoisotopic (exact) mass is 262 g/mol. The van der Waals surface area contributed by atoms with Gasteiger partial charge in [-0.15, -0.1) is 23.1 Å². The van der Waals surface area contributed by atoms with E-state index in [0.29, 0.717) is 0 Å². The van der Waals surface area contributed by atoms with E-state index < -0.39 is 0 Å². The van der Waals surface area contributed by atoms with E-state index in [1.54, 1.807) is 29.3 Å². The summed E-state index contributed by atoms with van der Waals surface area (Å²) in [4.78, 5) is 17.0. The second-order valence-electron chi connectivity index (χ2n) is 3.80. The Balaban J connectivity index is 2.02. The predicted molar refractivity (Wildman–Crippen MR) is 71.5 cm³/mol. The van der Waals surface area contributed by atoms with Crippen LogP contribution in [-0.4, -0.2) is 16.1 Å². The summed E-state index contributed by atoms with van der Waals surface area (Å²) in [6.45, 7) is 1.91. The number of fused-ring (bicyclic) bond motifs is 1. The van der Waals surface area contributed by atoms with Gasteiger partial charge in [-0.25, -0.2) is 4.98 Å². The molecule has 1 atom stereocenters. The Kier molecular flexibility index (Phi) is 2.64. The van der Waals surface area contributed by atoms with Crippen molar-refractivity contribution in [3.8, 4) is 10.6 Å². The maximum Gasteiger partial charge on any atom is 0.237 e. The number of hydrogen-bond donors (Lipinski definition) is 1. The fourth-order valence-electron chi connectivity index (χ4n) is 1.71. The van der Waals surface area contributed by atoms with Crippen molar-refractivity contribution < 1.29 is 4.79 Å². The fraction of sp³-hybridized carbons (Fsp3) is 0.167. The van der Waals surface area contributed by atoms with E-state index in [1.165, 1.54) is 0 Å². The SMILES string of the molecule is CC1Sc2ccc(-c3nccs3)cc2NC1=O. The third-order valence-electron chi connectivity index (χ3n) is 2.59. The van der Waals surface area contributed by atoms with Crippen LogP contribution < -0.4 is 5.32 Å². The Hall–Kier alpha value is -1.33. The molecule has 2 aromatic rings. The summed E-state index contributed by atoms with van der Waals surface area (Å²) in [6.07, 6.45) is 1.79. The predicted octanol–water partition coefficient (Wildman–Crippen LogP) is 3.24. The van der Waals surface area contributed by atoms with Crippen molar-refractivity contribution in [2.45, 2.75) is 17.1 Å². The first-order valence-corrected chi connectivity index (χ1v) is 7.01. The molecule has 3 rings (SSSR count). The van der Waals surface area contributed by atoms with E-state index in [-0.39, 0.29) is 11.2 Å². The lowest BCUT2D eigenvalue weighted by atomic mass is 10.2. The largest absolute Gasteiger partial charge is 0.324 e. The molecule has 1 aromatic carbocycles. The van der Waals surface area contributed by atoms with Crippen LogP contribution in [-0.2, 0) is 4.79 Å². The van der Waals surface area contributed by atoms with Crippen molar-refractivity contribution >= 4 is 34.7 Å². The van der Waals surface area contributed by atoms with Crippen LogP contribution in [0, 0.1) is 0 Å². The molecule has 86 valence electrons. The van der Waals surface area contributed by atoms with Crippen LogP contribution in [0.4, 0.5) is 5.69 Å². The summed E-state index contributed by atoms with van der Waals surface area (Å²) in [5, 5.41) is 5.83. The number of anilines is 1. The van der Waals surface area contributed by atoms with Gasteiger partial charge in [0.05, 0.1) is 10.9 Å². The van der Waals surface area contributed by atoms with Crippen molar-refractivity contribution in [3.63, 3.8) is 0 Å². The number of nitrogens with zero attached hydrogens (tertiary/aromatic N) is 1. The van der Waals surface area contributed by atoms with Crippen LogP contribution in [0.1, 0.15) is 6.92 Å². The number of amides is 1. The van der Waals surface area contributed by atoms with E-state index in [1.807, 2.05) is 24.4 Å². The zero-order chi connectivity index (χ0) is 11.8. The molecule has 1 aliphatic rings. The number of thiazole rings is 1. The van der Waals surface area contributed by atoms with Crippen LogP contribution in [0.15, 0.2) is 34.7 Å². The minimum atomic E-state index is -0.0202. The quantitative estimate of drug-likeness (QED) is 0.858. The minimum Gasteiger partial charge on any atom is -0.324 e. The van der Waals surface area contributed by atoms with Crippen LogP contribution in [0.5, 0.6) is 0 Å². The van der Waals surface area contributed by atoms with Crippen LogP contribution in [0.25, 0.3) is 10.6 Å². The summed E-state index contributed by atoms with van der Waals surface area (Å²) in [6, 6.07) is 6.09. The smallest absolute Gasteiger partial charge is 0.237 e. The highest BCUT2D eigenvalue weighted by atomic mass is 32.2. The lowest BCUT2D eigenvalue weighted by Gasteiger charge is -2.21. The Morgan fingerprint density at radius 3 is 3.06 bits per heavy atom. The molecular formula is C12H10N2OS2. The Bertz CT molecular complexity index is 566. The molecule has 3 nitrogen and oxygen atoms in total.